The van der Waals surface area contributed by atoms with Gasteiger partial charge >= 0.3 is 9.05 Å². The van der Waals surface area contributed by atoms with Gasteiger partial charge in [0.1, 0.15) is 0 Å². The smallest absolute Gasteiger partial charge is 0.351 e. The minimum Gasteiger partial charge on any atom is -0.351 e. The van der Waals surface area contributed by atoms with Crippen molar-refractivity contribution in [1.82, 2.24) is 0 Å². The predicted molar refractivity (Wildman–Crippen MR) is 91.3 cm³/mol. The van der Waals surface area contributed by atoms with Crippen LogP contribution in [0, 0.1) is 0 Å². The summed E-state index contributed by atoms with van der Waals surface area (Å²) in [5.41, 5.74) is 2.14. The molecule has 0 N–H and O–H groups in total. The van der Waals surface area contributed by atoms with Crippen LogP contribution in [-0.4, -0.2) is 28.9 Å². The van der Waals surface area contributed by atoms with Gasteiger partial charge in [-0.05, 0) is 38.3 Å². The van der Waals surface area contributed by atoms with Crippen LogP contribution in [0.4, 0.5) is 0 Å². The van der Waals surface area contributed by atoms with E-state index in [1.165, 1.54) is 0 Å². The van der Waals surface area contributed by atoms with Gasteiger partial charge in [-0.1, -0.05) is 43.8 Å². The molecular weight excluding hydrogens is 296 g/mol. The topological polar surface area (TPSA) is 36.9 Å². The molecule has 22 heavy (non-hydrogen) atoms. The van der Waals surface area contributed by atoms with E-state index in [1.54, 1.807) is 0 Å². The van der Waals surface area contributed by atoms with Crippen LogP contribution >= 0.6 is 0 Å². The summed E-state index contributed by atoms with van der Waals surface area (Å²) in [6.45, 7) is 13.2. The van der Waals surface area contributed by atoms with E-state index < -0.39 is 9.05 Å². The van der Waals surface area contributed by atoms with E-state index in [2.05, 4.69) is 13.5 Å². The maximum absolute atomic E-state index is 6.26. The summed E-state index contributed by atoms with van der Waals surface area (Å²) in [4.78, 5) is 0. The van der Waals surface area contributed by atoms with Crippen molar-refractivity contribution in [2.45, 2.75) is 40.2 Å². The summed E-state index contributed by atoms with van der Waals surface area (Å²) in [5, 5.41) is 0. The van der Waals surface area contributed by atoms with Gasteiger partial charge in [-0.3, -0.25) is 0 Å². The lowest BCUT2D eigenvalue weighted by atomic mass is 10.0. The Bertz CT molecular complexity index is 433. The van der Waals surface area contributed by atoms with Crippen LogP contribution in [0.5, 0.6) is 0 Å². The van der Waals surface area contributed by atoms with Crippen LogP contribution in [0.2, 0.25) is 0 Å². The van der Waals surface area contributed by atoms with Crippen molar-refractivity contribution in [1.29, 1.82) is 0 Å². The number of hydrogen-bond donors (Lipinski definition) is 0. The summed E-state index contributed by atoms with van der Waals surface area (Å²) in [7, 11) is -3.13. The Morgan fingerprint density at radius 2 is 1.55 bits per heavy atom. The van der Waals surface area contributed by atoms with E-state index in [0.717, 1.165) is 17.5 Å². The summed E-state index contributed by atoms with van der Waals surface area (Å²) in [5.74, 6) is 0. The summed E-state index contributed by atoms with van der Waals surface area (Å²) in [6.07, 6.45) is 2.49. The van der Waals surface area contributed by atoms with E-state index in [0.29, 0.717) is 19.8 Å². The number of rotatable bonds is 11. The van der Waals surface area contributed by atoms with Gasteiger partial charge < -0.3 is 17.7 Å². The predicted octanol–water partition coefficient (Wildman–Crippen LogP) is 4.34. The largest absolute Gasteiger partial charge is 0.680 e. The van der Waals surface area contributed by atoms with E-state index >= 15 is 0 Å². The molecule has 0 saturated heterocycles. The van der Waals surface area contributed by atoms with Crippen LogP contribution in [0.3, 0.4) is 0 Å². The van der Waals surface area contributed by atoms with Crippen molar-refractivity contribution in [3.63, 3.8) is 0 Å². The molecule has 0 aliphatic carbocycles. The highest BCUT2D eigenvalue weighted by atomic mass is 28.4. The molecule has 124 valence electrons. The second-order valence-electron chi connectivity index (χ2n) is 4.65. The van der Waals surface area contributed by atoms with Crippen molar-refractivity contribution in [2.24, 2.45) is 0 Å². The molecule has 0 saturated carbocycles. The van der Waals surface area contributed by atoms with Crippen molar-refractivity contribution in [3.05, 3.63) is 42.0 Å². The van der Waals surface area contributed by atoms with Gasteiger partial charge in [-0.25, -0.2) is 0 Å². The van der Waals surface area contributed by atoms with Crippen molar-refractivity contribution >= 4 is 15.1 Å². The lowest BCUT2D eigenvalue weighted by Gasteiger charge is -2.31. The van der Waals surface area contributed by atoms with Crippen molar-refractivity contribution in [2.75, 3.05) is 19.8 Å². The highest BCUT2D eigenvalue weighted by molar-refractivity contribution is 6.53. The zero-order valence-electron chi connectivity index (χ0n) is 14.1. The van der Waals surface area contributed by atoms with Crippen molar-refractivity contribution < 1.29 is 17.7 Å². The van der Waals surface area contributed by atoms with Crippen LogP contribution < -0.4 is 0 Å². The standard InChI is InChI=1S/C17H28O4Si/c1-6-15-13-11-12-14-16(15)17(7-2)21-22(18-8-3,19-9-4)20-10-5/h6,11-14,17H,1,7-10H2,2-5H3. The first-order chi connectivity index (χ1) is 10.7. The van der Waals surface area contributed by atoms with E-state index in [-0.39, 0.29) is 6.10 Å². The molecule has 0 heterocycles. The molecular formula is C17H28O4Si. The molecule has 1 unspecified atom stereocenters. The molecule has 0 aliphatic rings. The average molecular weight is 324 g/mol. The molecule has 5 heteroatoms. The van der Waals surface area contributed by atoms with Gasteiger partial charge in [0.15, 0.2) is 0 Å². The fourth-order valence-corrected chi connectivity index (χ4v) is 4.45. The highest BCUT2D eigenvalue weighted by Gasteiger charge is 2.47. The molecule has 0 fully saturated rings. The zero-order chi connectivity index (χ0) is 16.4. The van der Waals surface area contributed by atoms with Gasteiger partial charge in [0.25, 0.3) is 0 Å². The molecule has 0 amide bonds. The molecule has 0 aromatic heterocycles. The third kappa shape index (κ3) is 5.03. The monoisotopic (exact) mass is 324 g/mol. The molecule has 0 aliphatic heterocycles. The fraction of sp³-hybridized carbons (Fsp3) is 0.529. The third-order valence-electron chi connectivity index (χ3n) is 3.18. The SMILES string of the molecule is C=Cc1ccccc1C(CC)O[Si](OCC)(OCC)OCC. The van der Waals surface area contributed by atoms with Crippen LogP contribution in [0.1, 0.15) is 51.3 Å². The molecule has 1 aromatic carbocycles. The van der Waals surface area contributed by atoms with Crippen LogP contribution in [-0.2, 0) is 17.7 Å². The van der Waals surface area contributed by atoms with Gasteiger partial charge in [0.05, 0.1) is 6.10 Å². The molecule has 1 atom stereocenters. The Kier molecular flexibility index (Phi) is 8.59. The van der Waals surface area contributed by atoms with Crippen LogP contribution in [0.15, 0.2) is 30.8 Å². The maximum Gasteiger partial charge on any atom is 0.680 e. The van der Waals surface area contributed by atoms with Gasteiger partial charge in [0.2, 0.25) is 0 Å². The molecule has 0 radical (unpaired) electrons. The Morgan fingerprint density at radius 3 is 2.00 bits per heavy atom. The Hall–Kier alpha value is -0.983. The highest BCUT2D eigenvalue weighted by Crippen LogP contribution is 2.30. The third-order valence-corrected chi connectivity index (χ3v) is 5.68. The van der Waals surface area contributed by atoms with Gasteiger partial charge in [-0.2, -0.15) is 0 Å². The minimum atomic E-state index is -3.13. The quantitative estimate of drug-likeness (QED) is 0.567. The Balaban J connectivity index is 3.08. The first-order valence-electron chi connectivity index (χ1n) is 7.97. The zero-order valence-corrected chi connectivity index (χ0v) is 15.1. The first kappa shape index (κ1) is 19.1. The summed E-state index contributed by atoms with van der Waals surface area (Å²) >= 11 is 0. The van der Waals surface area contributed by atoms with E-state index in [1.807, 2.05) is 51.1 Å². The minimum absolute atomic E-state index is 0.148. The number of benzene rings is 1. The Morgan fingerprint density at radius 1 is 1.00 bits per heavy atom. The normalized spacial score (nSPS) is 13.1. The molecule has 1 aromatic rings. The lowest BCUT2D eigenvalue weighted by molar-refractivity contribution is -0.0519. The van der Waals surface area contributed by atoms with E-state index in [9.17, 15) is 0 Å². The molecule has 4 nitrogen and oxygen atoms in total. The molecule has 1 rings (SSSR count). The summed E-state index contributed by atoms with van der Waals surface area (Å²) in [6, 6.07) is 8.07. The first-order valence-corrected chi connectivity index (χ1v) is 9.60. The summed E-state index contributed by atoms with van der Waals surface area (Å²) < 4.78 is 23.6. The number of hydrogen-bond acceptors (Lipinski definition) is 4. The average Bonchev–Trinajstić information content (AvgIpc) is 2.53. The fourth-order valence-electron chi connectivity index (χ4n) is 2.29. The molecule has 0 spiro atoms. The van der Waals surface area contributed by atoms with Gasteiger partial charge in [-0.15, -0.1) is 0 Å². The second kappa shape index (κ2) is 9.92. The maximum atomic E-state index is 6.26. The van der Waals surface area contributed by atoms with Crippen molar-refractivity contribution in [3.8, 4) is 0 Å². The van der Waals surface area contributed by atoms with Gasteiger partial charge in [0, 0.05) is 19.8 Å². The Labute approximate surface area is 135 Å². The van der Waals surface area contributed by atoms with E-state index in [4.69, 9.17) is 17.7 Å². The lowest BCUT2D eigenvalue weighted by Crippen LogP contribution is -2.50. The van der Waals surface area contributed by atoms with Crippen LogP contribution in [0.25, 0.3) is 6.08 Å². The molecule has 0 bridgehead atoms. The second-order valence-corrected chi connectivity index (χ2v) is 6.75.